The number of hydrogen-bond acceptors (Lipinski definition) is 4. The molecule has 0 amide bonds. The number of benzene rings is 3. The summed E-state index contributed by atoms with van der Waals surface area (Å²) in [5.41, 5.74) is 2.29. The second kappa shape index (κ2) is 8.63. The molecule has 0 bridgehead atoms. The van der Waals surface area contributed by atoms with Gasteiger partial charge in [0, 0.05) is 5.69 Å². The second-order valence-electron chi connectivity index (χ2n) is 6.08. The highest BCUT2D eigenvalue weighted by molar-refractivity contribution is 7.62. The van der Waals surface area contributed by atoms with E-state index >= 15 is 0 Å². The summed E-state index contributed by atoms with van der Waals surface area (Å²) in [6.07, 6.45) is 0. The minimum atomic E-state index is -3.69. The minimum Gasteiger partial charge on any atom is -0.465 e. The highest BCUT2D eigenvalue weighted by Crippen LogP contribution is 2.47. The summed E-state index contributed by atoms with van der Waals surface area (Å²) in [5, 5.41) is 5.81. The van der Waals surface area contributed by atoms with Crippen LogP contribution in [0.1, 0.15) is 15.9 Å². The van der Waals surface area contributed by atoms with E-state index in [4.69, 9.17) is 9.26 Å². The van der Waals surface area contributed by atoms with E-state index < -0.39 is 13.6 Å². The van der Waals surface area contributed by atoms with Crippen LogP contribution < -0.4 is 14.7 Å². The summed E-state index contributed by atoms with van der Waals surface area (Å²) in [4.78, 5) is 12.1. The Morgan fingerprint density at radius 2 is 1.50 bits per heavy atom. The molecule has 0 aromatic heterocycles. The van der Waals surface area contributed by atoms with Crippen LogP contribution in [0.15, 0.2) is 78.9 Å². The lowest BCUT2D eigenvalue weighted by Gasteiger charge is -2.23. The number of esters is 1. The number of carbonyl (C=O) groups is 1. The molecule has 3 aromatic carbocycles. The Hall–Kier alpha value is -3.24. The van der Waals surface area contributed by atoms with Crippen LogP contribution in [0.25, 0.3) is 0 Å². The Labute approximate surface area is 164 Å². The molecule has 0 radical (unpaired) electrons. The van der Waals surface area contributed by atoms with E-state index in [0.29, 0.717) is 17.1 Å². The van der Waals surface area contributed by atoms with Crippen molar-refractivity contribution < 1.29 is 18.6 Å². The summed E-state index contributed by atoms with van der Waals surface area (Å²) in [7, 11) is -2.39. The van der Waals surface area contributed by atoms with E-state index in [0.717, 1.165) is 5.56 Å². The lowest BCUT2D eigenvalue weighted by Crippen LogP contribution is -2.14. The fourth-order valence-corrected chi connectivity index (χ4v) is 4.10. The molecule has 28 heavy (non-hydrogen) atoms. The van der Waals surface area contributed by atoms with E-state index in [1.807, 2.05) is 37.3 Å². The van der Waals surface area contributed by atoms with Gasteiger partial charge >= 0.3 is 13.6 Å². The normalized spacial score (nSPS) is 12.5. The number of rotatable bonds is 7. The maximum absolute atomic E-state index is 13.7. The van der Waals surface area contributed by atoms with Gasteiger partial charge in [0.2, 0.25) is 0 Å². The van der Waals surface area contributed by atoms with Gasteiger partial charge in [-0.05, 0) is 43.3 Å². The summed E-state index contributed by atoms with van der Waals surface area (Å²) >= 11 is 0. The smallest absolute Gasteiger partial charge is 0.444 e. The van der Waals surface area contributed by atoms with Crippen LogP contribution >= 0.6 is 7.67 Å². The molecular weight excluding hydrogens is 375 g/mol. The van der Waals surface area contributed by atoms with E-state index in [2.05, 4.69) is 10.2 Å². The van der Waals surface area contributed by atoms with Crippen molar-refractivity contribution in [2.75, 3.05) is 17.3 Å². The highest BCUT2D eigenvalue weighted by atomic mass is 31.2. The molecule has 0 aliphatic rings. The molecule has 2 N–H and O–H groups in total. The molecule has 0 aliphatic heterocycles. The molecule has 0 spiro atoms. The van der Waals surface area contributed by atoms with Crippen LogP contribution in [0.3, 0.4) is 0 Å². The Bertz CT molecular complexity index is 991. The van der Waals surface area contributed by atoms with Crippen molar-refractivity contribution in [3.05, 3.63) is 90.0 Å². The van der Waals surface area contributed by atoms with E-state index in [-0.39, 0.29) is 5.56 Å². The molecule has 0 heterocycles. The first-order valence-electron chi connectivity index (χ1n) is 8.64. The summed E-state index contributed by atoms with van der Waals surface area (Å²) in [6.45, 7) is 1.97. The number of anilines is 2. The van der Waals surface area contributed by atoms with E-state index in [1.165, 1.54) is 7.11 Å². The molecule has 1 unspecified atom stereocenters. The van der Waals surface area contributed by atoms with Gasteiger partial charge < -0.3 is 9.26 Å². The zero-order chi connectivity index (χ0) is 20.0. The lowest BCUT2D eigenvalue weighted by molar-refractivity contribution is 0.0602. The van der Waals surface area contributed by atoms with Gasteiger partial charge in [-0.25, -0.2) is 9.36 Å². The number of nitrogens with one attached hydrogen (secondary N) is 2. The van der Waals surface area contributed by atoms with Crippen LogP contribution in [0.5, 0.6) is 5.75 Å². The summed E-state index contributed by atoms with van der Waals surface area (Å²) in [6, 6.07) is 22.9. The van der Waals surface area contributed by atoms with Gasteiger partial charge in [0.25, 0.3) is 0 Å². The zero-order valence-corrected chi connectivity index (χ0v) is 16.5. The SMILES string of the molecule is COC(=O)c1ccccc1NP(=O)(Nc1ccc(C)cc1)Oc1ccccc1. The minimum absolute atomic E-state index is 0.257. The highest BCUT2D eigenvalue weighted by Gasteiger charge is 2.27. The maximum Gasteiger partial charge on any atom is 0.444 e. The number of hydrogen-bond donors (Lipinski definition) is 2. The third-order valence-electron chi connectivity index (χ3n) is 3.91. The van der Waals surface area contributed by atoms with Crippen molar-refractivity contribution >= 4 is 25.0 Å². The molecule has 6 nitrogen and oxygen atoms in total. The zero-order valence-electron chi connectivity index (χ0n) is 15.6. The van der Waals surface area contributed by atoms with Crippen LogP contribution in [0, 0.1) is 6.92 Å². The Morgan fingerprint density at radius 3 is 2.18 bits per heavy atom. The van der Waals surface area contributed by atoms with Gasteiger partial charge in [-0.1, -0.05) is 48.0 Å². The van der Waals surface area contributed by atoms with Crippen LogP contribution in [0.2, 0.25) is 0 Å². The molecule has 1 atom stereocenters. The standard InChI is InChI=1S/C21H21N2O4P/c1-16-12-14-17(15-13-16)22-28(25,27-18-8-4-3-5-9-18)23-20-11-7-6-10-19(20)21(24)26-2/h3-15H,1-2H3,(H2,22,23,25). The van der Waals surface area contributed by atoms with Crippen molar-refractivity contribution in [2.45, 2.75) is 6.92 Å². The largest absolute Gasteiger partial charge is 0.465 e. The first-order chi connectivity index (χ1) is 13.5. The monoisotopic (exact) mass is 396 g/mol. The van der Waals surface area contributed by atoms with Gasteiger partial charge in [0.1, 0.15) is 5.75 Å². The van der Waals surface area contributed by atoms with Gasteiger partial charge in [0.05, 0.1) is 18.4 Å². The number of methoxy groups -OCH3 is 1. The molecule has 3 aromatic rings. The van der Waals surface area contributed by atoms with Crippen LogP contribution in [-0.2, 0) is 9.30 Å². The first kappa shape index (κ1) is 19.5. The molecule has 7 heteroatoms. The molecule has 144 valence electrons. The number of para-hydroxylation sites is 2. The Balaban J connectivity index is 1.95. The molecular formula is C21H21N2O4P. The van der Waals surface area contributed by atoms with Crippen LogP contribution in [0.4, 0.5) is 11.4 Å². The molecule has 3 rings (SSSR count). The summed E-state index contributed by atoms with van der Waals surface area (Å²) in [5.74, 6) is -0.113. The summed E-state index contributed by atoms with van der Waals surface area (Å²) < 4.78 is 24.3. The van der Waals surface area contributed by atoms with Gasteiger partial charge in [0.15, 0.2) is 0 Å². The molecule has 0 saturated carbocycles. The first-order valence-corrected chi connectivity index (χ1v) is 10.3. The maximum atomic E-state index is 13.7. The van der Waals surface area contributed by atoms with E-state index in [9.17, 15) is 9.36 Å². The third kappa shape index (κ3) is 4.93. The van der Waals surface area contributed by atoms with Crippen molar-refractivity contribution in [1.82, 2.24) is 0 Å². The average Bonchev–Trinajstić information content (AvgIpc) is 2.70. The van der Waals surface area contributed by atoms with Crippen molar-refractivity contribution in [3.8, 4) is 5.75 Å². The van der Waals surface area contributed by atoms with Crippen molar-refractivity contribution in [2.24, 2.45) is 0 Å². The second-order valence-corrected chi connectivity index (χ2v) is 7.82. The molecule has 0 fully saturated rings. The van der Waals surface area contributed by atoms with Gasteiger partial charge in [-0.3, -0.25) is 10.2 Å². The van der Waals surface area contributed by atoms with E-state index in [1.54, 1.807) is 48.5 Å². The van der Waals surface area contributed by atoms with Crippen LogP contribution in [-0.4, -0.2) is 13.1 Å². The number of aryl methyl sites for hydroxylation is 1. The Morgan fingerprint density at radius 1 is 0.857 bits per heavy atom. The lowest BCUT2D eigenvalue weighted by atomic mass is 10.2. The van der Waals surface area contributed by atoms with Crippen molar-refractivity contribution in [1.29, 1.82) is 0 Å². The fourth-order valence-electron chi connectivity index (χ4n) is 2.53. The van der Waals surface area contributed by atoms with Gasteiger partial charge in [-0.15, -0.1) is 0 Å². The fraction of sp³-hybridized carbons (Fsp3) is 0.0952. The Kier molecular flexibility index (Phi) is 6.02. The average molecular weight is 396 g/mol. The molecule has 0 saturated heterocycles. The number of carbonyl (C=O) groups excluding carboxylic acids is 1. The van der Waals surface area contributed by atoms with Gasteiger partial charge in [-0.2, -0.15) is 0 Å². The molecule has 0 aliphatic carbocycles. The predicted octanol–water partition coefficient (Wildman–Crippen LogP) is 5.49. The third-order valence-corrected chi connectivity index (χ3v) is 5.46. The van der Waals surface area contributed by atoms with Crippen molar-refractivity contribution in [3.63, 3.8) is 0 Å². The predicted molar refractivity (Wildman–Crippen MR) is 111 cm³/mol. The quantitative estimate of drug-likeness (QED) is 0.406. The number of ether oxygens (including phenoxy) is 1. The topological polar surface area (TPSA) is 76.7 Å².